The first-order valence-electron chi connectivity index (χ1n) is 20.0. The summed E-state index contributed by atoms with van der Waals surface area (Å²) in [6.45, 7) is 1.22. The number of likely N-dealkylation sites (N-methyl/N-ethyl adjacent to an activating group) is 1. The van der Waals surface area contributed by atoms with Crippen LogP contribution in [-0.2, 0) is 9.59 Å². The number of amides is 3. The molecule has 0 bridgehead atoms. The molecule has 0 aliphatic carbocycles. The first kappa shape index (κ1) is 38.9. The van der Waals surface area contributed by atoms with Crippen molar-refractivity contribution in [3.05, 3.63) is 144 Å². The third kappa shape index (κ3) is 8.25. The van der Waals surface area contributed by atoms with Crippen molar-refractivity contribution in [1.29, 1.82) is 0 Å². The SMILES string of the molecule is CN(C)c1ccc(/C=C/C(=O)N2CCC[C@H]2c2ncc(-c3ccc(-c4ccc(-c5cnc([C@@H]6CCCN6C(=O)[C@@H](c6ccccc6)N(C)C(=O)O)[nH]5)cc4)cc3)[nH]2)cc1. The van der Waals surface area contributed by atoms with E-state index >= 15 is 0 Å². The molecule has 12 nitrogen and oxygen atoms in total. The zero-order chi connectivity index (χ0) is 41.0. The average Bonchev–Trinajstić information content (AvgIpc) is 4.11. The lowest BCUT2D eigenvalue weighted by molar-refractivity contribution is -0.137. The van der Waals surface area contributed by atoms with Gasteiger partial charge in [-0.05, 0) is 77.3 Å². The molecule has 12 heteroatoms. The highest BCUT2D eigenvalue weighted by Crippen LogP contribution is 2.36. The number of nitrogens with one attached hydrogen (secondary N) is 2. The molecule has 6 aromatic rings. The third-order valence-electron chi connectivity index (χ3n) is 11.5. The summed E-state index contributed by atoms with van der Waals surface area (Å²) >= 11 is 0. The minimum Gasteiger partial charge on any atom is -0.465 e. The number of hydrogen-bond acceptors (Lipinski definition) is 6. The van der Waals surface area contributed by atoms with E-state index in [0.29, 0.717) is 24.5 Å². The van der Waals surface area contributed by atoms with Gasteiger partial charge in [-0.3, -0.25) is 14.5 Å². The van der Waals surface area contributed by atoms with Gasteiger partial charge in [0, 0.05) is 46.0 Å². The summed E-state index contributed by atoms with van der Waals surface area (Å²) in [6.07, 6.45) is 9.32. The molecule has 3 N–H and O–H groups in total. The zero-order valence-electron chi connectivity index (χ0n) is 33.5. The number of likely N-dealkylation sites (tertiary alicyclic amines) is 2. The standard InChI is InChI=1S/C47H48N8O4/c1-52(2)37-24-13-31(14-25-37)15-26-42(56)54-27-7-11-40(54)44-48-29-38(50-44)34-20-16-32(17-21-34)33-18-22-35(23-19-33)39-30-49-45(51-39)41-12-8-28-55(41)46(57)43(53(3)47(58)59)36-9-5-4-6-10-36/h4-6,9-10,13-26,29-30,40-41,43H,7-8,11-12,27-28H2,1-3H3,(H,48,50)(H,49,51)(H,58,59)/b26-15+/t40-,41-,43+/m0/s1. The van der Waals surface area contributed by atoms with Crippen molar-refractivity contribution in [1.82, 2.24) is 34.6 Å². The van der Waals surface area contributed by atoms with Crippen LogP contribution in [0.2, 0.25) is 0 Å². The topological polar surface area (TPSA) is 142 Å². The number of carbonyl (C=O) groups is 3. The first-order valence-corrected chi connectivity index (χ1v) is 20.0. The highest BCUT2D eigenvalue weighted by molar-refractivity contribution is 5.92. The van der Waals surface area contributed by atoms with Crippen LogP contribution < -0.4 is 4.90 Å². The van der Waals surface area contributed by atoms with Crippen LogP contribution in [0.1, 0.15) is 66.6 Å². The number of carboxylic acid groups (broad SMARTS) is 1. The summed E-state index contributed by atoms with van der Waals surface area (Å²) in [4.78, 5) is 62.3. The van der Waals surface area contributed by atoms with Gasteiger partial charge in [-0.15, -0.1) is 0 Å². The lowest BCUT2D eigenvalue weighted by atomic mass is 10.0. The van der Waals surface area contributed by atoms with Crippen molar-refractivity contribution >= 4 is 29.7 Å². The van der Waals surface area contributed by atoms with Gasteiger partial charge in [0.2, 0.25) is 5.91 Å². The highest BCUT2D eigenvalue weighted by atomic mass is 16.4. The van der Waals surface area contributed by atoms with Crippen LogP contribution in [0.4, 0.5) is 10.5 Å². The van der Waals surface area contributed by atoms with E-state index in [1.54, 1.807) is 29.3 Å². The van der Waals surface area contributed by atoms with E-state index in [9.17, 15) is 19.5 Å². The van der Waals surface area contributed by atoms with Crippen molar-refractivity contribution in [2.45, 2.75) is 43.8 Å². The number of hydrogen-bond donors (Lipinski definition) is 3. The van der Waals surface area contributed by atoms with E-state index in [1.165, 1.54) is 7.05 Å². The molecule has 4 aromatic carbocycles. The quantitative estimate of drug-likeness (QED) is 0.112. The van der Waals surface area contributed by atoms with Crippen LogP contribution in [-0.4, -0.2) is 91.9 Å². The molecule has 2 aromatic heterocycles. The molecule has 0 unspecified atom stereocenters. The van der Waals surface area contributed by atoms with Crippen LogP contribution in [0.25, 0.3) is 39.7 Å². The van der Waals surface area contributed by atoms with Gasteiger partial charge in [-0.2, -0.15) is 0 Å². The van der Waals surface area contributed by atoms with Gasteiger partial charge in [0.25, 0.3) is 5.91 Å². The molecule has 3 atom stereocenters. The van der Waals surface area contributed by atoms with Gasteiger partial charge < -0.3 is 29.8 Å². The maximum absolute atomic E-state index is 14.0. The molecule has 8 rings (SSSR count). The summed E-state index contributed by atoms with van der Waals surface area (Å²) in [5.74, 6) is 1.20. The Kier molecular flexibility index (Phi) is 11.1. The van der Waals surface area contributed by atoms with E-state index in [1.807, 2.05) is 78.6 Å². The van der Waals surface area contributed by atoms with E-state index in [-0.39, 0.29) is 23.9 Å². The molecular weight excluding hydrogens is 741 g/mol. The smallest absolute Gasteiger partial charge is 0.407 e. The number of aromatic nitrogens is 4. The minimum atomic E-state index is -1.16. The van der Waals surface area contributed by atoms with E-state index in [4.69, 9.17) is 9.97 Å². The van der Waals surface area contributed by atoms with Crippen molar-refractivity contribution in [3.8, 4) is 33.6 Å². The summed E-state index contributed by atoms with van der Waals surface area (Å²) in [5, 5.41) is 9.80. The molecule has 2 saturated heterocycles. The largest absolute Gasteiger partial charge is 0.465 e. The maximum Gasteiger partial charge on any atom is 0.407 e. The van der Waals surface area contributed by atoms with Crippen molar-refractivity contribution in [2.75, 3.05) is 39.1 Å². The lowest BCUT2D eigenvalue weighted by Gasteiger charge is -2.32. The van der Waals surface area contributed by atoms with Gasteiger partial charge >= 0.3 is 6.09 Å². The van der Waals surface area contributed by atoms with Crippen LogP contribution >= 0.6 is 0 Å². The second-order valence-corrected chi connectivity index (χ2v) is 15.4. The second-order valence-electron chi connectivity index (χ2n) is 15.4. The van der Waals surface area contributed by atoms with Gasteiger partial charge in [0.05, 0.1) is 35.9 Å². The van der Waals surface area contributed by atoms with Gasteiger partial charge in [0.1, 0.15) is 17.7 Å². The predicted octanol–water partition coefficient (Wildman–Crippen LogP) is 8.59. The molecule has 0 spiro atoms. The molecule has 2 fully saturated rings. The highest BCUT2D eigenvalue weighted by Gasteiger charge is 2.39. The average molecular weight is 789 g/mol. The molecule has 4 heterocycles. The van der Waals surface area contributed by atoms with E-state index in [0.717, 1.165) is 81.3 Å². The van der Waals surface area contributed by atoms with Crippen LogP contribution in [0.15, 0.2) is 122 Å². The zero-order valence-corrected chi connectivity index (χ0v) is 33.5. The van der Waals surface area contributed by atoms with Crippen molar-refractivity contribution < 1.29 is 19.5 Å². The second kappa shape index (κ2) is 16.9. The van der Waals surface area contributed by atoms with Crippen molar-refractivity contribution in [3.63, 3.8) is 0 Å². The monoisotopic (exact) mass is 788 g/mol. The molecular formula is C47H48N8O4. The van der Waals surface area contributed by atoms with Crippen LogP contribution in [0, 0.1) is 0 Å². The van der Waals surface area contributed by atoms with Crippen molar-refractivity contribution in [2.24, 2.45) is 0 Å². The predicted molar refractivity (Wildman–Crippen MR) is 229 cm³/mol. The molecule has 0 saturated carbocycles. The summed E-state index contributed by atoms with van der Waals surface area (Å²) in [7, 11) is 5.44. The number of benzene rings is 4. The molecule has 3 amide bonds. The Morgan fingerprint density at radius 2 is 1.20 bits per heavy atom. The Balaban J connectivity index is 0.910. The first-order chi connectivity index (χ1) is 28.6. The fourth-order valence-corrected chi connectivity index (χ4v) is 8.20. The fourth-order valence-electron chi connectivity index (χ4n) is 8.20. The van der Waals surface area contributed by atoms with Crippen LogP contribution in [0.3, 0.4) is 0 Å². The van der Waals surface area contributed by atoms with Gasteiger partial charge in [0.15, 0.2) is 0 Å². The Bertz CT molecular complexity index is 2440. The summed E-state index contributed by atoms with van der Waals surface area (Å²) in [6, 6.07) is 32.4. The van der Waals surface area contributed by atoms with Gasteiger partial charge in [-0.25, -0.2) is 14.8 Å². The number of anilines is 1. The Labute approximate surface area is 343 Å². The number of nitrogens with zero attached hydrogens (tertiary/aromatic N) is 6. The molecule has 0 radical (unpaired) electrons. The molecule has 2 aliphatic rings. The third-order valence-corrected chi connectivity index (χ3v) is 11.5. The number of imidazole rings is 2. The molecule has 300 valence electrons. The Morgan fingerprint density at radius 1 is 0.695 bits per heavy atom. The number of H-pyrrole nitrogens is 2. The fraction of sp³-hybridized carbons (Fsp3) is 0.255. The normalized spacial score (nSPS) is 17.1. The van der Waals surface area contributed by atoms with E-state index in [2.05, 4.69) is 58.5 Å². The van der Waals surface area contributed by atoms with E-state index < -0.39 is 12.1 Å². The number of carbonyl (C=O) groups excluding carboxylic acids is 2. The van der Waals surface area contributed by atoms with Crippen LogP contribution in [0.5, 0.6) is 0 Å². The maximum atomic E-state index is 14.0. The molecule has 59 heavy (non-hydrogen) atoms. The lowest BCUT2D eigenvalue weighted by Crippen LogP contribution is -2.43. The van der Waals surface area contributed by atoms with Gasteiger partial charge in [-0.1, -0.05) is 91.0 Å². The Hall–Kier alpha value is -6.95. The minimum absolute atomic E-state index is 0.0159. The summed E-state index contributed by atoms with van der Waals surface area (Å²) < 4.78 is 0. The number of aromatic amines is 2. The number of rotatable bonds is 11. The summed E-state index contributed by atoms with van der Waals surface area (Å²) in [5.41, 5.74) is 8.58. The Morgan fingerprint density at radius 3 is 1.73 bits per heavy atom. The molecule has 2 aliphatic heterocycles.